The predicted molar refractivity (Wildman–Crippen MR) is 81.5 cm³/mol. The fourth-order valence-electron chi connectivity index (χ4n) is 2.80. The van der Waals surface area contributed by atoms with E-state index in [1.165, 1.54) is 19.3 Å². The van der Waals surface area contributed by atoms with Gasteiger partial charge in [-0.05, 0) is 62.9 Å². The molecule has 1 aromatic rings. The molecule has 0 amide bonds. The number of nitrogens with zero attached hydrogens (tertiary/aromatic N) is 1. The lowest BCUT2D eigenvalue weighted by Gasteiger charge is -2.19. The first-order valence-electron chi connectivity index (χ1n) is 7.50. The number of rotatable bonds is 4. The zero-order chi connectivity index (χ0) is 14.5. The molecule has 1 atom stereocenters. The van der Waals surface area contributed by atoms with E-state index in [1.807, 2.05) is 25.1 Å². The molecule has 0 radical (unpaired) electrons. The zero-order valence-electron chi connectivity index (χ0n) is 12.8. The summed E-state index contributed by atoms with van der Waals surface area (Å²) in [5.41, 5.74) is 1.82. The molecule has 0 aromatic heterocycles. The summed E-state index contributed by atoms with van der Waals surface area (Å²) >= 11 is 0. The molecule has 0 bridgehead atoms. The van der Waals surface area contributed by atoms with Crippen LogP contribution in [0.1, 0.15) is 42.1 Å². The molecule has 1 fully saturated rings. The molecule has 20 heavy (non-hydrogen) atoms. The first-order chi connectivity index (χ1) is 9.60. The average molecular weight is 275 g/mol. The van der Waals surface area contributed by atoms with E-state index in [1.54, 1.807) is 7.11 Å². The van der Waals surface area contributed by atoms with E-state index in [0.717, 1.165) is 24.6 Å². The number of likely N-dealkylation sites (tertiary alicyclic amines) is 1. The molecule has 3 nitrogen and oxygen atoms in total. The Labute approximate surface area is 121 Å². The number of methoxy groups -OCH3 is 1. The second-order valence-corrected chi connectivity index (χ2v) is 5.94. The van der Waals surface area contributed by atoms with Crippen molar-refractivity contribution in [2.75, 3.05) is 26.7 Å². The van der Waals surface area contributed by atoms with Crippen LogP contribution < -0.4 is 4.74 Å². The number of hydrogen-bond acceptors (Lipinski definition) is 3. The van der Waals surface area contributed by atoms with Crippen LogP contribution in [0.3, 0.4) is 0 Å². The van der Waals surface area contributed by atoms with Crippen LogP contribution in [0.25, 0.3) is 0 Å². The zero-order valence-corrected chi connectivity index (χ0v) is 12.8. The van der Waals surface area contributed by atoms with Gasteiger partial charge in [0, 0.05) is 0 Å². The standard InChI is InChI=1S/C17H25NO2/c1-13-5-4-9-18(10-8-13)12-16(19)15-7-6-14(2)11-17(15)20-3/h6-7,11,13H,4-5,8-10,12H2,1-3H3. The molecule has 0 aliphatic carbocycles. The summed E-state index contributed by atoms with van der Waals surface area (Å²) in [5, 5.41) is 0. The van der Waals surface area contributed by atoms with Crippen molar-refractivity contribution in [3.8, 4) is 5.75 Å². The highest BCUT2D eigenvalue weighted by molar-refractivity contribution is 6.00. The number of ether oxygens (including phenoxy) is 1. The van der Waals surface area contributed by atoms with Crippen molar-refractivity contribution in [3.63, 3.8) is 0 Å². The van der Waals surface area contributed by atoms with Crippen LogP contribution in [-0.2, 0) is 0 Å². The smallest absolute Gasteiger partial charge is 0.180 e. The maximum Gasteiger partial charge on any atom is 0.180 e. The molecule has 1 saturated heterocycles. The molecule has 1 aromatic carbocycles. The van der Waals surface area contributed by atoms with Crippen LogP contribution in [0, 0.1) is 12.8 Å². The molecule has 2 rings (SSSR count). The van der Waals surface area contributed by atoms with Gasteiger partial charge in [-0.25, -0.2) is 0 Å². The highest BCUT2D eigenvalue weighted by Gasteiger charge is 2.19. The van der Waals surface area contributed by atoms with E-state index < -0.39 is 0 Å². The van der Waals surface area contributed by atoms with Crippen molar-refractivity contribution in [1.82, 2.24) is 4.90 Å². The highest BCUT2D eigenvalue weighted by Crippen LogP contribution is 2.22. The summed E-state index contributed by atoms with van der Waals surface area (Å²) in [5.74, 6) is 1.64. The van der Waals surface area contributed by atoms with Crippen molar-refractivity contribution >= 4 is 5.78 Å². The number of ketones is 1. The van der Waals surface area contributed by atoms with Crippen LogP contribution >= 0.6 is 0 Å². The van der Waals surface area contributed by atoms with Crippen molar-refractivity contribution in [1.29, 1.82) is 0 Å². The van der Waals surface area contributed by atoms with E-state index in [2.05, 4.69) is 11.8 Å². The molecular formula is C17H25NO2. The van der Waals surface area contributed by atoms with Gasteiger partial charge < -0.3 is 4.74 Å². The van der Waals surface area contributed by atoms with Gasteiger partial charge >= 0.3 is 0 Å². The van der Waals surface area contributed by atoms with Crippen LogP contribution in [0.4, 0.5) is 0 Å². The first-order valence-corrected chi connectivity index (χ1v) is 7.50. The fourth-order valence-corrected chi connectivity index (χ4v) is 2.80. The molecule has 3 heteroatoms. The number of carbonyl (C=O) groups excluding carboxylic acids is 1. The van der Waals surface area contributed by atoms with Crippen molar-refractivity contribution in [2.45, 2.75) is 33.1 Å². The van der Waals surface area contributed by atoms with Crippen molar-refractivity contribution in [2.24, 2.45) is 5.92 Å². The number of hydrogen-bond donors (Lipinski definition) is 0. The highest BCUT2D eigenvalue weighted by atomic mass is 16.5. The Bertz CT molecular complexity index is 470. The Morgan fingerprint density at radius 1 is 1.35 bits per heavy atom. The summed E-state index contributed by atoms with van der Waals surface area (Å²) in [4.78, 5) is 14.8. The Kier molecular flexibility index (Phi) is 5.18. The minimum atomic E-state index is 0.163. The minimum absolute atomic E-state index is 0.163. The lowest BCUT2D eigenvalue weighted by molar-refractivity contribution is 0.0929. The summed E-state index contributed by atoms with van der Waals surface area (Å²) in [6, 6.07) is 5.79. The summed E-state index contributed by atoms with van der Waals surface area (Å²) in [7, 11) is 1.62. The molecule has 0 spiro atoms. The first kappa shape index (κ1) is 15.0. The molecule has 1 aliphatic rings. The van der Waals surface area contributed by atoms with Gasteiger partial charge in [0.05, 0.1) is 19.2 Å². The number of carbonyl (C=O) groups is 1. The monoisotopic (exact) mass is 275 g/mol. The van der Waals surface area contributed by atoms with Gasteiger partial charge in [0.2, 0.25) is 0 Å². The predicted octanol–water partition coefficient (Wildman–Crippen LogP) is 3.31. The Morgan fingerprint density at radius 3 is 2.90 bits per heavy atom. The Hall–Kier alpha value is -1.35. The molecule has 110 valence electrons. The van der Waals surface area contributed by atoms with E-state index in [9.17, 15) is 4.79 Å². The van der Waals surface area contributed by atoms with Gasteiger partial charge in [-0.2, -0.15) is 0 Å². The van der Waals surface area contributed by atoms with E-state index in [0.29, 0.717) is 17.9 Å². The van der Waals surface area contributed by atoms with E-state index in [-0.39, 0.29) is 5.78 Å². The lowest BCUT2D eigenvalue weighted by atomic mass is 10.0. The number of aryl methyl sites for hydroxylation is 1. The van der Waals surface area contributed by atoms with Crippen LogP contribution in [0.2, 0.25) is 0 Å². The van der Waals surface area contributed by atoms with Gasteiger partial charge in [0.1, 0.15) is 5.75 Å². The van der Waals surface area contributed by atoms with Crippen molar-refractivity contribution in [3.05, 3.63) is 29.3 Å². The lowest BCUT2D eigenvalue weighted by Crippen LogP contribution is -2.31. The Morgan fingerprint density at radius 2 is 2.15 bits per heavy atom. The van der Waals surface area contributed by atoms with Crippen LogP contribution in [0.5, 0.6) is 5.75 Å². The third-order valence-corrected chi connectivity index (χ3v) is 4.13. The fraction of sp³-hybridized carbons (Fsp3) is 0.588. The number of benzene rings is 1. The average Bonchev–Trinajstić information content (AvgIpc) is 2.63. The van der Waals surface area contributed by atoms with Crippen molar-refractivity contribution < 1.29 is 9.53 Å². The minimum Gasteiger partial charge on any atom is -0.496 e. The van der Waals surface area contributed by atoms with E-state index >= 15 is 0 Å². The maximum absolute atomic E-state index is 12.5. The quantitative estimate of drug-likeness (QED) is 0.790. The second kappa shape index (κ2) is 6.89. The molecule has 1 unspecified atom stereocenters. The normalized spacial score (nSPS) is 20.4. The second-order valence-electron chi connectivity index (χ2n) is 5.94. The SMILES string of the molecule is COc1cc(C)ccc1C(=O)CN1CCCC(C)CC1. The topological polar surface area (TPSA) is 29.5 Å². The van der Waals surface area contributed by atoms with Gasteiger partial charge in [0.25, 0.3) is 0 Å². The molecule has 1 heterocycles. The largest absolute Gasteiger partial charge is 0.496 e. The van der Waals surface area contributed by atoms with Gasteiger partial charge in [-0.3, -0.25) is 9.69 Å². The van der Waals surface area contributed by atoms with Crippen LogP contribution in [-0.4, -0.2) is 37.4 Å². The third kappa shape index (κ3) is 3.83. The Balaban J connectivity index is 2.04. The summed E-state index contributed by atoms with van der Waals surface area (Å²) < 4.78 is 5.34. The summed E-state index contributed by atoms with van der Waals surface area (Å²) in [6.45, 7) is 6.87. The third-order valence-electron chi connectivity index (χ3n) is 4.13. The summed E-state index contributed by atoms with van der Waals surface area (Å²) in [6.07, 6.45) is 3.66. The van der Waals surface area contributed by atoms with E-state index in [4.69, 9.17) is 4.74 Å². The molecular weight excluding hydrogens is 250 g/mol. The number of Topliss-reactive ketones (excluding diaryl/α,β-unsaturated/α-hetero) is 1. The maximum atomic E-state index is 12.5. The van der Waals surface area contributed by atoms with Gasteiger partial charge in [-0.1, -0.05) is 13.0 Å². The van der Waals surface area contributed by atoms with Gasteiger partial charge in [0.15, 0.2) is 5.78 Å². The molecule has 0 N–H and O–H groups in total. The molecule has 0 saturated carbocycles. The van der Waals surface area contributed by atoms with Crippen LogP contribution in [0.15, 0.2) is 18.2 Å². The van der Waals surface area contributed by atoms with Gasteiger partial charge in [-0.15, -0.1) is 0 Å². The molecule has 1 aliphatic heterocycles.